The first-order valence-corrected chi connectivity index (χ1v) is 11.4. The number of guanidine groups is 1. The van der Waals surface area contributed by atoms with Crippen molar-refractivity contribution in [3.05, 3.63) is 47.5 Å². The molecule has 0 spiro atoms. The maximum atomic E-state index is 5.98. The van der Waals surface area contributed by atoms with Crippen LogP contribution in [0.3, 0.4) is 0 Å². The molecule has 1 aromatic carbocycles. The predicted octanol–water partition coefficient (Wildman–Crippen LogP) is 3.63. The maximum Gasteiger partial charge on any atom is 0.194 e. The van der Waals surface area contributed by atoms with Crippen LogP contribution in [0.2, 0.25) is 0 Å². The minimum Gasteiger partial charge on any atom is -0.376 e. The first-order valence-electron chi connectivity index (χ1n) is 11.4. The van der Waals surface area contributed by atoms with Crippen LogP contribution < -0.4 is 5.32 Å². The lowest BCUT2D eigenvalue weighted by Crippen LogP contribution is -2.40. The summed E-state index contributed by atoms with van der Waals surface area (Å²) in [4.78, 5) is 7.27. The highest BCUT2D eigenvalue weighted by Crippen LogP contribution is 2.18. The van der Waals surface area contributed by atoms with Gasteiger partial charge in [0.25, 0.3) is 0 Å². The van der Waals surface area contributed by atoms with Crippen molar-refractivity contribution >= 4 is 29.9 Å². The van der Waals surface area contributed by atoms with Crippen LogP contribution >= 0.6 is 24.0 Å². The van der Waals surface area contributed by atoms with Crippen molar-refractivity contribution in [2.24, 2.45) is 10.9 Å². The number of ether oxygens (including phenoxy) is 1. The number of aryl methyl sites for hydroxylation is 1. The fourth-order valence-corrected chi connectivity index (χ4v) is 4.31. The molecule has 2 aliphatic rings. The smallest absolute Gasteiger partial charge is 0.194 e. The van der Waals surface area contributed by atoms with E-state index in [1.54, 1.807) is 0 Å². The highest BCUT2D eigenvalue weighted by molar-refractivity contribution is 14.0. The van der Waals surface area contributed by atoms with Crippen LogP contribution in [0.4, 0.5) is 0 Å². The van der Waals surface area contributed by atoms with Gasteiger partial charge in [-0.1, -0.05) is 36.8 Å². The van der Waals surface area contributed by atoms with Gasteiger partial charge in [0.2, 0.25) is 0 Å². The standard InChI is InChI=1S/C23H34N6O.HI/c1-2-24-23(25-15-22-27-26-21-11-7-4-8-13-29(21)22)28-14-12-20(16-28)18-30-17-19-9-5-3-6-10-19;/h3,5-6,9-10,20H,2,4,7-8,11-18H2,1H3,(H,24,25);1H. The van der Waals surface area contributed by atoms with Crippen LogP contribution in [0.25, 0.3) is 0 Å². The first-order chi connectivity index (χ1) is 14.8. The van der Waals surface area contributed by atoms with Crippen LogP contribution in [-0.2, 0) is 30.9 Å². The molecule has 1 aromatic heterocycles. The number of hydrogen-bond donors (Lipinski definition) is 1. The molecule has 0 saturated carbocycles. The van der Waals surface area contributed by atoms with Gasteiger partial charge in [-0.25, -0.2) is 4.99 Å². The van der Waals surface area contributed by atoms with Gasteiger partial charge >= 0.3 is 0 Å². The summed E-state index contributed by atoms with van der Waals surface area (Å²) in [5.41, 5.74) is 1.23. The van der Waals surface area contributed by atoms with Gasteiger partial charge in [0.05, 0.1) is 13.2 Å². The Hall–Kier alpha value is -1.68. The number of aliphatic imine (C=N–C) groups is 1. The monoisotopic (exact) mass is 538 g/mol. The number of hydrogen-bond acceptors (Lipinski definition) is 4. The van der Waals surface area contributed by atoms with E-state index in [2.05, 4.69) is 56.2 Å². The third kappa shape index (κ3) is 6.65. The minimum atomic E-state index is 0. The van der Waals surface area contributed by atoms with Gasteiger partial charge in [-0.05, 0) is 31.7 Å². The van der Waals surface area contributed by atoms with Crippen molar-refractivity contribution in [1.82, 2.24) is 25.0 Å². The molecule has 1 atom stereocenters. The Bertz CT molecular complexity index is 825. The van der Waals surface area contributed by atoms with Crippen molar-refractivity contribution in [3.63, 3.8) is 0 Å². The van der Waals surface area contributed by atoms with Gasteiger partial charge in [0.15, 0.2) is 11.8 Å². The second kappa shape index (κ2) is 12.4. The van der Waals surface area contributed by atoms with Gasteiger partial charge in [0.1, 0.15) is 12.4 Å². The van der Waals surface area contributed by atoms with E-state index in [9.17, 15) is 0 Å². The Labute approximate surface area is 202 Å². The van der Waals surface area contributed by atoms with E-state index in [-0.39, 0.29) is 24.0 Å². The number of nitrogens with one attached hydrogen (secondary N) is 1. The quantitative estimate of drug-likeness (QED) is 0.332. The predicted molar refractivity (Wildman–Crippen MR) is 134 cm³/mol. The first kappa shape index (κ1) is 24.0. The van der Waals surface area contributed by atoms with Crippen LogP contribution in [0.15, 0.2) is 35.3 Å². The van der Waals surface area contributed by atoms with Crippen LogP contribution in [0.5, 0.6) is 0 Å². The number of aromatic nitrogens is 3. The third-order valence-corrected chi connectivity index (χ3v) is 5.94. The molecule has 1 saturated heterocycles. The molecular formula is C23H35IN6O. The van der Waals surface area contributed by atoms with Gasteiger partial charge in [-0.15, -0.1) is 34.2 Å². The van der Waals surface area contributed by atoms with Gasteiger partial charge in [0, 0.05) is 38.5 Å². The maximum absolute atomic E-state index is 5.98. The summed E-state index contributed by atoms with van der Waals surface area (Å²) in [6.07, 6.45) is 5.87. The summed E-state index contributed by atoms with van der Waals surface area (Å²) >= 11 is 0. The van der Waals surface area contributed by atoms with Gasteiger partial charge in [-0.2, -0.15) is 0 Å². The number of nitrogens with zero attached hydrogens (tertiary/aromatic N) is 5. The second-order valence-corrected chi connectivity index (χ2v) is 8.27. The molecule has 1 fully saturated rings. The number of likely N-dealkylation sites (tertiary alicyclic amines) is 1. The molecule has 0 radical (unpaired) electrons. The number of rotatable bonds is 7. The SMILES string of the molecule is CCNC(=NCc1nnc2n1CCCCC2)N1CCC(COCc2ccccc2)C1.I. The molecule has 4 rings (SSSR count). The van der Waals surface area contributed by atoms with Crippen molar-refractivity contribution in [1.29, 1.82) is 0 Å². The van der Waals surface area contributed by atoms with Crippen LogP contribution in [0.1, 0.15) is 49.8 Å². The Balaban J connectivity index is 0.00000272. The normalized spacial score (nSPS) is 18.9. The largest absolute Gasteiger partial charge is 0.376 e. The van der Waals surface area contributed by atoms with E-state index >= 15 is 0 Å². The summed E-state index contributed by atoms with van der Waals surface area (Å²) in [5, 5.41) is 12.3. The number of fused-ring (bicyclic) bond motifs is 1. The average Bonchev–Trinajstić information content (AvgIpc) is 3.32. The second-order valence-electron chi connectivity index (χ2n) is 8.27. The summed E-state index contributed by atoms with van der Waals surface area (Å²) in [6.45, 7) is 8.07. The summed E-state index contributed by atoms with van der Waals surface area (Å²) in [6, 6.07) is 10.4. The lowest BCUT2D eigenvalue weighted by atomic mass is 10.1. The molecule has 0 bridgehead atoms. The van der Waals surface area contributed by atoms with Crippen molar-refractivity contribution in [2.75, 3.05) is 26.2 Å². The molecule has 1 unspecified atom stereocenters. The Morgan fingerprint density at radius 3 is 2.87 bits per heavy atom. The van der Waals surface area contributed by atoms with E-state index < -0.39 is 0 Å². The molecule has 8 heteroatoms. The molecule has 3 heterocycles. The Kier molecular flexibility index (Phi) is 9.57. The molecule has 2 aliphatic heterocycles. The van der Waals surface area contributed by atoms with E-state index in [1.807, 2.05) is 6.07 Å². The molecule has 2 aromatic rings. The number of benzene rings is 1. The Morgan fingerprint density at radius 1 is 1.16 bits per heavy atom. The highest BCUT2D eigenvalue weighted by atomic mass is 127. The molecule has 31 heavy (non-hydrogen) atoms. The molecular weight excluding hydrogens is 503 g/mol. The van der Waals surface area contributed by atoms with Crippen molar-refractivity contribution in [3.8, 4) is 0 Å². The van der Waals surface area contributed by atoms with Crippen LogP contribution in [0, 0.1) is 5.92 Å². The minimum absolute atomic E-state index is 0. The van der Waals surface area contributed by atoms with Crippen molar-refractivity contribution in [2.45, 2.75) is 58.7 Å². The topological polar surface area (TPSA) is 67.6 Å². The van der Waals surface area contributed by atoms with Crippen LogP contribution in [-0.4, -0.2) is 51.9 Å². The van der Waals surface area contributed by atoms with Gasteiger partial charge < -0.3 is 19.5 Å². The average molecular weight is 538 g/mol. The number of halogens is 1. The molecule has 0 aliphatic carbocycles. The van der Waals surface area contributed by atoms with Gasteiger partial charge in [-0.3, -0.25) is 0 Å². The molecule has 7 nitrogen and oxygen atoms in total. The molecule has 170 valence electrons. The fraction of sp³-hybridized carbons (Fsp3) is 0.609. The molecule has 1 N–H and O–H groups in total. The van der Waals surface area contributed by atoms with E-state index in [0.29, 0.717) is 19.1 Å². The van der Waals surface area contributed by atoms with Crippen molar-refractivity contribution < 1.29 is 4.74 Å². The van der Waals surface area contributed by atoms with E-state index in [1.165, 1.54) is 24.8 Å². The lowest BCUT2D eigenvalue weighted by Gasteiger charge is -2.21. The summed E-state index contributed by atoms with van der Waals surface area (Å²) < 4.78 is 8.26. The highest BCUT2D eigenvalue weighted by Gasteiger charge is 2.25. The fourth-order valence-electron chi connectivity index (χ4n) is 4.31. The molecule has 0 amide bonds. The summed E-state index contributed by atoms with van der Waals surface area (Å²) in [7, 11) is 0. The van der Waals surface area contributed by atoms with E-state index in [4.69, 9.17) is 9.73 Å². The third-order valence-electron chi connectivity index (χ3n) is 5.94. The van der Waals surface area contributed by atoms with E-state index in [0.717, 1.165) is 63.2 Å². The summed E-state index contributed by atoms with van der Waals surface area (Å²) in [5.74, 6) is 3.64. The Morgan fingerprint density at radius 2 is 2.03 bits per heavy atom. The zero-order chi connectivity index (χ0) is 20.6. The lowest BCUT2D eigenvalue weighted by molar-refractivity contribution is 0.0906. The zero-order valence-electron chi connectivity index (χ0n) is 18.5. The zero-order valence-corrected chi connectivity index (χ0v) is 20.8.